The highest BCUT2D eigenvalue weighted by molar-refractivity contribution is 7.74. The zero-order valence-corrected chi connectivity index (χ0v) is 21.4. The van der Waals surface area contributed by atoms with Gasteiger partial charge in [-0.15, -0.1) is 0 Å². The molecule has 0 aliphatic heterocycles. The van der Waals surface area contributed by atoms with Crippen molar-refractivity contribution in [2.24, 2.45) is 11.8 Å². The molecule has 2 aliphatic carbocycles. The highest BCUT2D eigenvalue weighted by Crippen LogP contribution is 2.62. The van der Waals surface area contributed by atoms with Crippen LogP contribution in [0.15, 0.2) is 121 Å². The van der Waals surface area contributed by atoms with Gasteiger partial charge in [-0.3, -0.25) is 0 Å². The van der Waals surface area contributed by atoms with E-state index in [2.05, 4.69) is 121 Å². The average molecular weight is 479 g/mol. The van der Waals surface area contributed by atoms with Gasteiger partial charge in [0.25, 0.3) is 0 Å². The second kappa shape index (κ2) is 10.2. The lowest BCUT2D eigenvalue weighted by molar-refractivity contribution is 0.466. The Hall–Kier alpha value is -2.26. The highest BCUT2D eigenvalue weighted by Gasteiger charge is 2.50. The molecule has 0 amide bonds. The Balaban J connectivity index is 1.35. The van der Waals surface area contributed by atoms with E-state index < -0.39 is 0 Å². The van der Waals surface area contributed by atoms with Crippen molar-refractivity contribution < 1.29 is 0 Å². The van der Waals surface area contributed by atoms with E-state index >= 15 is 0 Å². The minimum Gasteiger partial charge on any atom is -0.0622 e. The SMILES string of the molecule is c1ccc(P(c2ccccc2)[C@H]2CC[C@H]3[C@@H]2CC[C@@H]3P(c2ccccc2)c2ccccc2)cc1. The van der Waals surface area contributed by atoms with Gasteiger partial charge in [-0.25, -0.2) is 0 Å². The summed E-state index contributed by atoms with van der Waals surface area (Å²) < 4.78 is 0. The standard InChI is InChI=1S/C32H32P2/c1-5-13-25(14-6-1)33(26-15-7-2-8-16-26)31-23-21-30-29(31)22-24-32(30)34(27-17-9-3-10-18-27)28-19-11-4-12-20-28/h1-20,29-32H,21-24H2/t29-,30-,31-,32-/m0/s1. The summed E-state index contributed by atoms with van der Waals surface area (Å²) in [4.78, 5) is 0. The summed E-state index contributed by atoms with van der Waals surface area (Å²) in [6, 6.07) is 45.7. The molecule has 2 heteroatoms. The Morgan fingerprint density at radius 3 is 0.882 bits per heavy atom. The molecule has 0 unspecified atom stereocenters. The quantitative estimate of drug-likeness (QED) is 0.267. The van der Waals surface area contributed by atoms with Crippen molar-refractivity contribution in [3.63, 3.8) is 0 Å². The molecule has 0 nitrogen and oxygen atoms in total. The molecule has 170 valence electrons. The molecule has 4 aromatic carbocycles. The summed E-state index contributed by atoms with van der Waals surface area (Å²) in [5.41, 5.74) is 1.61. The molecule has 0 radical (unpaired) electrons. The van der Waals surface area contributed by atoms with Crippen LogP contribution in [0.2, 0.25) is 0 Å². The van der Waals surface area contributed by atoms with E-state index in [-0.39, 0.29) is 15.8 Å². The predicted molar refractivity (Wildman–Crippen MR) is 151 cm³/mol. The van der Waals surface area contributed by atoms with Crippen molar-refractivity contribution in [1.82, 2.24) is 0 Å². The lowest BCUT2D eigenvalue weighted by atomic mass is 10.0. The van der Waals surface area contributed by atoms with Crippen LogP contribution < -0.4 is 21.2 Å². The van der Waals surface area contributed by atoms with Gasteiger partial charge in [0.2, 0.25) is 0 Å². The van der Waals surface area contributed by atoms with Gasteiger partial charge in [-0.1, -0.05) is 121 Å². The van der Waals surface area contributed by atoms with Crippen LogP contribution in [0.25, 0.3) is 0 Å². The third-order valence-corrected chi connectivity index (χ3v) is 14.0. The summed E-state index contributed by atoms with van der Waals surface area (Å²) in [6.07, 6.45) is 5.57. The summed E-state index contributed by atoms with van der Waals surface area (Å²) in [5, 5.41) is 6.25. The van der Waals surface area contributed by atoms with Crippen LogP contribution in [-0.4, -0.2) is 11.3 Å². The zero-order chi connectivity index (χ0) is 22.7. The molecule has 6 rings (SSSR count). The van der Waals surface area contributed by atoms with E-state index in [4.69, 9.17) is 0 Å². The Bertz CT molecular complexity index is 1000. The third kappa shape index (κ3) is 4.28. The fraction of sp³-hybridized carbons (Fsp3) is 0.250. The first kappa shape index (κ1) is 22.2. The normalized spacial score (nSPS) is 23.9. The predicted octanol–water partition coefficient (Wildman–Crippen LogP) is 6.81. The van der Waals surface area contributed by atoms with Crippen molar-refractivity contribution in [3.05, 3.63) is 121 Å². The molecule has 0 heterocycles. The number of rotatable bonds is 6. The summed E-state index contributed by atoms with van der Waals surface area (Å²) in [5.74, 6) is 1.71. The number of benzene rings is 4. The lowest BCUT2D eigenvalue weighted by Crippen LogP contribution is -2.28. The van der Waals surface area contributed by atoms with Crippen molar-refractivity contribution in [2.45, 2.75) is 37.0 Å². The van der Waals surface area contributed by atoms with Crippen LogP contribution in [0, 0.1) is 11.8 Å². The Morgan fingerprint density at radius 1 is 0.353 bits per heavy atom. The van der Waals surface area contributed by atoms with E-state index in [0.29, 0.717) is 0 Å². The van der Waals surface area contributed by atoms with Gasteiger partial charge in [0.05, 0.1) is 0 Å². The smallest absolute Gasteiger partial charge is 0.00975 e. The van der Waals surface area contributed by atoms with Crippen LogP contribution in [0.5, 0.6) is 0 Å². The molecule has 4 atom stereocenters. The second-order valence-corrected chi connectivity index (χ2v) is 14.6. The molecule has 0 N–H and O–H groups in total. The maximum absolute atomic E-state index is 2.39. The van der Waals surface area contributed by atoms with Gasteiger partial charge in [0.1, 0.15) is 0 Å². The summed E-state index contributed by atoms with van der Waals surface area (Å²) in [6.45, 7) is 0. The molecular formula is C32H32P2. The third-order valence-electron chi connectivity index (χ3n) is 7.93. The second-order valence-electron chi connectivity index (χ2n) is 9.70. The monoisotopic (exact) mass is 478 g/mol. The Kier molecular flexibility index (Phi) is 6.64. The first-order chi connectivity index (χ1) is 16.9. The fourth-order valence-electron chi connectivity index (χ4n) is 6.60. The van der Waals surface area contributed by atoms with E-state index in [9.17, 15) is 0 Å². The van der Waals surface area contributed by atoms with E-state index in [0.717, 1.165) is 23.2 Å². The fourth-order valence-corrected chi connectivity index (χ4v) is 13.0. The Morgan fingerprint density at radius 2 is 0.618 bits per heavy atom. The van der Waals surface area contributed by atoms with Crippen molar-refractivity contribution >= 4 is 37.1 Å². The average Bonchev–Trinajstić information content (AvgIpc) is 3.51. The van der Waals surface area contributed by atoms with Crippen molar-refractivity contribution in [1.29, 1.82) is 0 Å². The number of fused-ring (bicyclic) bond motifs is 1. The zero-order valence-electron chi connectivity index (χ0n) is 19.6. The molecular weight excluding hydrogens is 446 g/mol. The Labute approximate surface area is 207 Å². The highest BCUT2D eigenvalue weighted by atomic mass is 31.1. The topological polar surface area (TPSA) is 0 Å². The van der Waals surface area contributed by atoms with Crippen molar-refractivity contribution in [2.75, 3.05) is 0 Å². The molecule has 0 aromatic heterocycles. The molecule has 0 bridgehead atoms. The molecule has 4 aromatic rings. The van der Waals surface area contributed by atoms with Gasteiger partial charge >= 0.3 is 0 Å². The molecule has 2 fully saturated rings. The first-order valence-corrected chi connectivity index (χ1v) is 15.5. The maximum Gasteiger partial charge on any atom is -0.00975 e. The van der Waals surface area contributed by atoms with Crippen LogP contribution >= 0.6 is 15.8 Å². The molecule has 2 aliphatic rings. The van der Waals surface area contributed by atoms with Crippen LogP contribution in [-0.2, 0) is 0 Å². The van der Waals surface area contributed by atoms with Gasteiger partial charge in [-0.2, -0.15) is 0 Å². The lowest BCUT2D eigenvalue weighted by Gasteiger charge is -2.32. The summed E-state index contributed by atoms with van der Waals surface area (Å²) in [7, 11) is -0.647. The van der Waals surface area contributed by atoms with Crippen LogP contribution in [0.1, 0.15) is 25.7 Å². The van der Waals surface area contributed by atoms with E-state index in [1.807, 2.05) is 0 Å². The molecule has 2 saturated carbocycles. The van der Waals surface area contributed by atoms with E-state index in [1.54, 1.807) is 21.2 Å². The van der Waals surface area contributed by atoms with Crippen molar-refractivity contribution in [3.8, 4) is 0 Å². The molecule has 34 heavy (non-hydrogen) atoms. The van der Waals surface area contributed by atoms with Gasteiger partial charge in [0, 0.05) is 0 Å². The van der Waals surface area contributed by atoms with Crippen LogP contribution in [0.4, 0.5) is 0 Å². The van der Waals surface area contributed by atoms with Crippen LogP contribution in [0.3, 0.4) is 0 Å². The number of hydrogen-bond donors (Lipinski definition) is 0. The minimum absolute atomic E-state index is 0.323. The van der Waals surface area contributed by atoms with E-state index in [1.165, 1.54) is 25.7 Å². The van der Waals surface area contributed by atoms with Gasteiger partial charge in [-0.05, 0) is 85.9 Å². The summed E-state index contributed by atoms with van der Waals surface area (Å²) >= 11 is 0. The first-order valence-electron chi connectivity index (χ1n) is 12.7. The van der Waals surface area contributed by atoms with Gasteiger partial charge < -0.3 is 0 Å². The minimum atomic E-state index is -0.323. The van der Waals surface area contributed by atoms with Gasteiger partial charge in [0.15, 0.2) is 0 Å². The maximum atomic E-state index is 2.39. The molecule has 0 spiro atoms. The number of hydrogen-bond acceptors (Lipinski definition) is 0. The molecule has 0 saturated heterocycles. The largest absolute Gasteiger partial charge is 0.0622 e.